The molecule has 0 fully saturated rings. The number of hydrogen-bond donors (Lipinski definition) is 0. The van der Waals surface area contributed by atoms with Crippen molar-refractivity contribution in [2.45, 2.75) is 6.18 Å². The Morgan fingerprint density at radius 2 is 2.05 bits per heavy atom. The molecule has 0 saturated heterocycles. The second-order valence-electron chi connectivity index (χ2n) is 3.70. The molecule has 0 unspecified atom stereocenters. The summed E-state index contributed by atoms with van der Waals surface area (Å²) in [6, 6.07) is 2.99. The van der Waals surface area contributed by atoms with Gasteiger partial charge in [0.05, 0.1) is 4.88 Å². The van der Waals surface area contributed by atoms with Crippen molar-refractivity contribution in [2.24, 2.45) is 0 Å². The zero-order valence-electron chi connectivity index (χ0n) is 9.50. The third-order valence-corrected chi connectivity index (χ3v) is 3.33. The Labute approximate surface area is 112 Å². The number of fused-ring (bicyclic) bond motifs is 1. The Balaban J connectivity index is 2.28. The minimum absolute atomic E-state index is 0.150. The van der Waals surface area contributed by atoms with E-state index in [1.165, 1.54) is 6.07 Å². The van der Waals surface area contributed by atoms with Crippen molar-refractivity contribution in [1.82, 2.24) is 24.8 Å². The van der Waals surface area contributed by atoms with E-state index in [4.69, 9.17) is 0 Å². The zero-order chi connectivity index (χ0) is 14.3. The lowest BCUT2D eigenvalue weighted by Gasteiger charge is -2.11. The van der Waals surface area contributed by atoms with Crippen LogP contribution >= 0.6 is 11.3 Å². The van der Waals surface area contributed by atoms with E-state index in [9.17, 15) is 18.0 Å². The molecule has 6 nitrogen and oxygen atoms in total. The molecule has 10 heteroatoms. The Morgan fingerprint density at radius 1 is 1.25 bits per heavy atom. The molecule has 0 spiro atoms. The maximum Gasteiger partial charge on any atom is 0.434 e. The van der Waals surface area contributed by atoms with E-state index in [2.05, 4.69) is 20.4 Å². The number of carbonyl (C=O) groups excluding carboxylic acids is 1. The van der Waals surface area contributed by atoms with E-state index in [0.717, 1.165) is 17.7 Å². The maximum absolute atomic E-state index is 13.2. The molecule has 3 rings (SSSR count). The highest BCUT2D eigenvalue weighted by molar-refractivity contribution is 7.12. The van der Waals surface area contributed by atoms with Gasteiger partial charge >= 0.3 is 6.18 Å². The molecule has 20 heavy (non-hydrogen) atoms. The highest BCUT2D eigenvalue weighted by atomic mass is 32.1. The molecule has 102 valence electrons. The molecule has 0 radical (unpaired) electrons. The molecule has 0 aliphatic heterocycles. The first kappa shape index (κ1) is 12.7. The summed E-state index contributed by atoms with van der Waals surface area (Å²) in [5, 5.41) is 15.2. The fourth-order valence-corrected chi connectivity index (χ4v) is 2.32. The van der Waals surface area contributed by atoms with Crippen LogP contribution in [0.15, 0.2) is 23.8 Å². The number of aromatic nitrogens is 5. The molecule has 0 atom stereocenters. The van der Waals surface area contributed by atoms with E-state index in [-0.39, 0.29) is 10.7 Å². The molecule has 0 aliphatic carbocycles. The molecule has 0 amide bonds. The van der Waals surface area contributed by atoms with Crippen LogP contribution in [0.3, 0.4) is 0 Å². The van der Waals surface area contributed by atoms with E-state index >= 15 is 0 Å². The van der Waals surface area contributed by atoms with Gasteiger partial charge in [0, 0.05) is 0 Å². The van der Waals surface area contributed by atoms with Crippen LogP contribution in [0.25, 0.3) is 5.78 Å². The summed E-state index contributed by atoms with van der Waals surface area (Å²) >= 11 is 1.03. The summed E-state index contributed by atoms with van der Waals surface area (Å²) in [4.78, 5) is 12.2. The second kappa shape index (κ2) is 4.34. The predicted molar refractivity (Wildman–Crippen MR) is 61.3 cm³/mol. The number of ketones is 1. The summed E-state index contributed by atoms with van der Waals surface area (Å²) in [5.74, 6) is -1.16. The van der Waals surface area contributed by atoms with Gasteiger partial charge in [-0.15, -0.1) is 31.7 Å². The van der Waals surface area contributed by atoms with E-state index in [1.807, 2.05) is 0 Å². The minimum atomic E-state index is -4.78. The van der Waals surface area contributed by atoms with Crippen molar-refractivity contribution in [3.05, 3.63) is 40.1 Å². The summed E-state index contributed by atoms with van der Waals surface area (Å²) in [7, 11) is 0. The van der Waals surface area contributed by atoms with Crippen molar-refractivity contribution in [3.63, 3.8) is 0 Å². The average Bonchev–Trinajstić information content (AvgIpc) is 3.06. The topological polar surface area (TPSA) is 73.0 Å². The van der Waals surface area contributed by atoms with Gasteiger partial charge in [-0.3, -0.25) is 9.20 Å². The molecule has 3 aromatic heterocycles. The van der Waals surface area contributed by atoms with Crippen LogP contribution < -0.4 is 0 Å². The smallest absolute Gasteiger partial charge is 0.286 e. The molecule has 3 aromatic rings. The zero-order valence-corrected chi connectivity index (χ0v) is 10.3. The number of hydrogen-bond acceptors (Lipinski definition) is 6. The first-order valence-corrected chi connectivity index (χ1v) is 6.08. The summed E-state index contributed by atoms with van der Waals surface area (Å²) in [6.07, 6.45) is -3.93. The highest BCUT2D eigenvalue weighted by Crippen LogP contribution is 2.32. The monoisotopic (exact) mass is 299 g/mol. The van der Waals surface area contributed by atoms with E-state index < -0.39 is 23.3 Å². The number of thiophene rings is 1. The van der Waals surface area contributed by atoms with Crippen molar-refractivity contribution in [3.8, 4) is 0 Å². The van der Waals surface area contributed by atoms with Crippen molar-refractivity contribution < 1.29 is 18.0 Å². The Morgan fingerprint density at radius 3 is 2.70 bits per heavy atom. The molecular weight excluding hydrogens is 295 g/mol. The van der Waals surface area contributed by atoms with Gasteiger partial charge in [-0.25, -0.2) is 0 Å². The third-order valence-electron chi connectivity index (χ3n) is 2.46. The molecule has 0 bridgehead atoms. The normalized spacial score (nSPS) is 11.9. The van der Waals surface area contributed by atoms with Gasteiger partial charge < -0.3 is 0 Å². The van der Waals surface area contributed by atoms with Crippen LogP contribution in [0.1, 0.15) is 21.1 Å². The minimum Gasteiger partial charge on any atom is -0.286 e. The van der Waals surface area contributed by atoms with Crippen LogP contribution in [0.2, 0.25) is 0 Å². The predicted octanol–water partition coefficient (Wildman–Crippen LogP) is 1.83. The SMILES string of the molecule is O=C(c1cccs1)c1nnc2nncn2c1C(F)(F)F. The molecular formula is C10H4F3N5OS. The summed E-state index contributed by atoms with van der Waals surface area (Å²) in [5.41, 5.74) is -2.00. The Hall–Kier alpha value is -2.36. The lowest BCUT2D eigenvalue weighted by molar-refractivity contribution is -0.142. The van der Waals surface area contributed by atoms with Crippen molar-refractivity contribution in [1.29, 1.82) is 0 Å². The Bertz CT molecular complexity index is 780. The first-order valence-electron chi connectivity index (χ1n) is 5.20. The van der Waals surface area contributed by atoms with Crippen LogP contribution in [0.4, 0.5) is 13.2 Å². The number of carbonyl (C=O) groups is 1. The third kappa shape index (κ3) is 1.93. The molecule has 0 N–H and O–H groups in total. The number of rotatable bonds is 2. The second-order valence-corrected chi connectivity index (χ2v) is 4.65. The van der Waals surface area contributed by atoms with Crippen molar-refractivity contribution >= 4 is 22.9 Å². The van der Waals surface area contributed by atoms with Crippen LogP contribution in [-0.2, 0) is 6.18 Å². The van der Waals surface area contributed by atoms with Gasteiger partial charge in [0.1, 0.15) is 6.33 Å². The fraction of sp³-hybridized carbons (Fsp3) is 0.100. The number of alkyl halides is 3. The lowest BCUT2D eigenvalue weighted by Crippen LogP contribution is -2.21. The molecule has 0 aromatic carbocycles. The largest absolute Gasteiger partial charge is 0.434 e. The maximum atomic E-state index is 13.2. The van der Waals surface area contributed by atoms with Gasteiger partial charge in [0.25, 0.3) is 5.78 Å². The molecule has 3 heterocycles. The van der Waals surface area contributed by atoms with Gasteiger partial charge in [-0.2, -0.15) is 13.2 Å². The summed E-state index contributed by atoms with van der Waals surface area (Å²) < 4.78 is 40.1. The van der Waals surface area contributed by atoms with Crippen LogP contribution in [0.5, 0.6) is 0 Å². The van der Waals surface area contributed by atoms with Gasteiger partial charge in [-0.1, -0.05) is 6.07 Å². The highest BCUT2D eigenvalue weighted by Gasteiger charge is 2.40. The van der Waals surface area contributed by atoms with E-state index in [0.29, 0.717) is 4.40 Å². The van der Waals surface area contributed by atoms with Gasteiger partial charge in [0.15, 0.2) is 11.4 Å². The number of nitrogens with zero attached hydrogens (tertiary/aromatic N) is 5. The Kier molecular flexibility index (Phi) is 2.74. The lowest BCUT2D eigenvalue weighted by atomic mass is 10.2. The quantitative estimate of drug-likeness (QED) is 0.675. The van der Waals surface area contributed by atoms with E-state index in [1.54, 1.807) is 11.4 Å². The number of halogens is 3. The summed E-state index contributed by atoms with van der Waals surface area (Å²) in [6.45, 7) is 0. The average molecular weight is 299 g/mol. The van der Waals surface area contributed by atoms with Gasteiger partial charge in [-0.05, 0) is 11.4 Å². The first-order chi connectivity index (χ1) is 9.48. The fourth-order valence-electron chi connectivity index (χ4n) is 1.66. The van der Waals surface area contributed by atoms with Gasteiger partial charge in [0.2, 0.25) is 5.78 Å². The standard InChI is InChI=1S/C10H4F3N5OS/c11-10(12,13)8-6(7(19)5-2-1-3-20-5)15-17-9-16-14-4-18(8)9/h1-4H. The van der Waals surface area contributed by atoms with Crippen LogP contribution in [0, 0.1) is 0 Å². The van der Waals surface area contributed by atoms with Crippen molar-refractivity contribution in [2.75, 3.05) is 0 Å². The van der Waals surface area contributed by atoms with Crippen LogP contribution in [-0.4, -0.2) is 30.6 Å². The molecule has 0 aliphatic rings. The molecule has 0 saturated carbocycles.